The van der Waals surface area contributed by atoms with Gasteiger partial charge in [-0.3, -0.25) is 4.57 Å². The summed E-state index contributed by atoms with van der Waals surface area (Å²) in [5.74, 6) is 0.540. The van der Waals surface area contributed by atoms with E-state index < -0.39 is 7.60 Å². The molecular weight excluding hydrogens is 259 g/mol. The van der Waals surface area contributed by atoms with Gasteiger partial charge in [-0.2, -0.15) is 0 Å². The highest BCUT2D eigenvalue weighted by atomic mass is 31.2. The van der Waals surface area contributed by atoms with Crippen LogP contribution in [0.1, 0.15) is 76.0 Å². The summed E-state index contributed by atoms with van der Waals surface area (Å²) in [5, 5.41) is 0.238. The maximum absolute atomic E-state index is 11.9. The average Bonchev–Trinajstić information content (AvgIpc) is 2.25. The Kier molecular flexibility index (Phi) is 5.00. The van der Waals surface area contributed by atoms with Crippen molar-refractivity contribution in [1.29, 1.82) is 0 Å². The lowest BCUT2D eigenvalue weighted by Gasteiger charge is -2.23. The third kappa shape index (κ3) is 3.68. The zero-order valence-corrected chi connectivity index (χ0v) is 13.5. The van der Waals surface area contributed by atoms with Crippen molar-refractivity contribution >= 4 is 12.9 Å². The van der Waals surface area contributed by atoms with Crippen molar-refractivity contribution < 1.29 is 14.4 Å². The van der Waals surface area contributed by atoms with E-state index in [-0.39, 0.29) is 17.1 Å². The first kappa shape index (κ1) is 16.4. The van der Waals surface area contributed by atoms with Gasteiger partial charge in [-0.05, 0) is 34.4 Å². The van der Waals surface area contributed by atoms with E-state index in [9.17, 15) is 14.4 Å². The minimum absolute atomic E-state index is 0.0961. The predicted octanol–water partition coefficient (Wildman–Crippen LogP) is 3.86. The van der Waals surface area contributed by atoms with Crippen molar-refractivity contribution in [2.75, 3.05) is 0 Å². The Morgan fingerprint density at radius 3 is 1.42 bits per heavy atom. The normalized spacial score (nSPS) is 12.8. The summed E-state index contributed by atoms with van der Waals surface area (Å²) in [6.07, 6.45) is 0. The molecule has 108 valence electrons. The van der Waals surface area contributed by atoms with Crippen LogP contribution >= 0.6 is 7.60 Å². The minimum atomic E-state index is -4.25. The third-order valence-corrected chi connectivity index (χ3v) is 4.49. The van der Waals surface area contributed by atoms with Crippen molar-refractivity contribution in [3.8, 4) is 0 Å². The average molecular weight is 284 g/mol. The maximum atomic E-state index is 11.9. The van der Waals surface area contributed by atoms with Crippen LogP contribution in [0.25, 0.3) is 0 Å². The molecule has 0 saturated heterocycles. The van der Waals surface area contributed by atoms with Gasteiger partial charge in [0.2, 0.25) is 0 Å². The fourth-order valence-electron chi connectivity index (χ4n) is 2.25. The molecule has 1 rings (SSSR count). The summed E-state index contributed by atoms with van der Waals surface area (Å²) < 4.78 is 11.9. The second-order valence-corrected chi connectivity index (χ2v) is 7.59. The van der Waals surface area contributed by atoms with Crippen LogP contribution in [0.4, 0.5) is 0 Å². The molecular formula is C15H25O3P. The summed E-state index contributed by atoms with van der Waals surface area (Å²) in [5.41, 5.74) is 2.70. The number of hydrogen-bond donors (Lipinski definition) is 2. The summed E-state index contributed by atoms with van der Waals surface area (Å²) in [6.45, 7) is 12.1. The third-order valence-electron chi connectivity index (χ3n) is 3.39. The summed E-state index contributed by atoms with van der Waals surface area (Å²) in [4.78, 5) is 19.4. The monoisotopic (exact) mass is 284 g/mol. The van der Waals surface area contributed by atoms with Crippen LogP contribution in [0.2, 0.25) is 0 Å². The molecule has 2 N–H and O–H groups in total. The molecule has 0 aliphatic carbocycles. The van der Waals surface area contributed by atoms with Gasteiger partial charge in [0, 0.05) is 0 Å². The molecule has 0 spiro atoms. The lowest BCUT2D eigenvalue weighted by Crippen LogP contribution is -2.20. The number of rotatable bonds is 4. The highest BCUT2D eigenvalue weighted by Crippen LogP contribution is 2.41. The quantitative estimate of drug-likeness (QED) is 0.825. The largest absolute Gasteiger partial charge is 0.356 e. The Morgan fingerprint density at radius 2 is 1.21 bits per heavy atom. The molecule has 0 aromatic heterocycles. The van der Waals surface area contributed by atoms with Crippen molar-refractivity contribution in [2.24, 2.45) is 0 Å². The molecule has 0 saturated carbocycles. The smallest absolute Gasteiger partial charge is 0.321 e. The zero-order chi connectivity index (χ0) is 15.0. The van der Waals surface area contributed by atoms with Crippen LogP contribution in [-0.2, 0) is 4.57 Å². The minimum Gasteiger partial charge on any atom is -0.321 e. The zero-order valence-electron chi connectivity index (χ0n) is 12.6. The first-order valence-electron chi connectivity index (χ1n) is 6.79. The molecule has 0 amide bonds. The molecule has 0 aliphatic heterocycles. The lowest BCUT2D eigenvalue weighted by atomic mass is 9.89. The molecule has 1 aromatic rings. The highest BCUT2D eigenvalue weighted by molar-refractivity contribution is 7.60. The van der Waals surface area contributed by atoms with Crippen molar-refractivity contribution in [3.63, 3.8) is 0 Å². The van der Waals surface area contributed by atoms with Crippen LogP contribution < -0.4 is 5.30 Å². The molecule has 1 aromatic carbocycles. The molecule has 19 heavy (non-hydrogen) atoms. The van der Waals surface area contributed by atoms with E-state index in [0.29, 0.717) is 5.92 Å². The second-order valence-electron chi connectivity index (χ2n) is 6.06. The van der Waals surface area contributed by atoms with Crippen LogP contribution in [0.5, 0.6) is 0 Å². The fourth-order valence-corrected chi connectivity index (χ4v) is 3.57. The summed E-state index contributed by atoms with van der Waals surface area (Å²) >= 11 is 0. The van der Waals surface area contributed by atoms with E-state index in [2.05, 4.69) is 13.8 Å². The maximum Gasteiger partial charge on any atom is 0.356 e. The highest BCUT2D eigenvalue weighted by Gasteiger charge is 2.28. The SMILES string of the molecule is CC(C)c1cc(C(C)C)c(P(=O)(O)O)c(C(C)C)c1. The second kappa shape index (κ2) is 5.78. The van der Waals surface area contributed by atoms with Gasteiger partial charge in [0.25, 0.3) is 0 Å². The predicted molar refractivity (Wildman–Crippen MR) is 80.4 cm³/mol. The summed E-state index contributed by atoms with van der Waals surface area (Å²) in [7, 11) is -4.25. The Bertz CT molecular complexity index is 469. The molecule has 0 unspecified atom stereocenters. The molecule has 0 radical (unpaired) electrons. The van der Waals surface area contributed by atoms with Crippen LogP contribution in [0.15, 0.2) is 12.1 Å². The molecule has 0 atom stereocenters. The van der Waals surface area contributed by atoms with E-state index in [1.807, 2.05) is 39.8 Å². The number of hydrogen-bond acceptors (Lipinski definition) is 1. The topological polar surface area (TPSA) is 57.5 Å². The van der Waals surface area contributed by atoms with Gasteiger partial charge in [0.15, 0.2) is 0 Å². The Balaban J connectivity index is 3.71. The summed E-state index contributed by atoms with van der Waals surface area (Å²) in [6, 6.07) is 3.91. The van der Waals surface area contributed by atoms with Gasteiger partial charge < -0.3 is 9.79 Å². The van der Waals surface area contributed by atoms with E-state index in [4.69, 9.17) is 0 Å². The van der Waals surface area contributed by atoms with E-state index in [1.54, 1.807) is 0 Å². The molecule has 0 aliphatic rings. The molecule has 3 nitrogen and oxygen atoms in total. The Hall–Kier alpha value is -0.630. The van der Waals surface area contributed by atoms with Gasteiger partial charge >= 0.3 is 7.60 Å². The van der Waals surface area contributed by atoms with Gasteiger partial charge in [-0.15, -0.1) is 0 Å². The van der Waals surface area contributed by atoms with Gasteiger partial charge in [-0.25, -0.2) is 0 Å². The van der Waals surface area contributed by atoms with Crippen LogP contribution in [-0.4, -0.2) is 9.79 Å². The van der Waals surface area contributed by atoms with Crippen LogP contribution in [0.3, 0.4) is 0 Å². The van der Waals surface area contributed by atoms with Gasteiger partial charge in [0.1, 0.15) is 0 Å². The van der Waals surface area contributed by atoms with E-state index in [1.165, 1.54) is 0 Å². The van der Waals surface area contributed by atoms with Gasteiger partial charge in [0.05, 0.1) is 5.30 Å². The van der Waals surface area contributed by atoms with Gasteiger partial charge in [-0.1, -0.05) is 53.7 Å². The van der Waals surface area contributed by atoms with E-state index >= 15 is 0 Å². The number of benzene rings is 1. The standard InChI is InChI=1S/C15H25O3P/c1-9(2)12-7-13(10(3)4)15(19(16,17)18)14(8-12)11(5)6/h7-11H,1-6H3,(H2,16,17,18). The molecule has 0 bridgehead atoms. The molecule has 4 heteroatoms. The van der Waals surface area contributed by atoms with Crippen LogP contribution in [0, 0.1) is 0 Å². The molecule has 0 fully saturated rings. The molecule has 0 heterocycles. The first-order valence-corrected chi connectivity index (χ1v) is 8.40. The van der Waals surface area contributed by atoms with Crippen molar-refractivity contribution in [2.45, 2.75) is 59.3 Å². The lowest BCUT2D eigenvalue weighted by molar-refractivity contribution is 0.386. The van der Waals surface area contributed by atoms with E-state index in [0.717, 1.165) is 16.7 Å². The Morgan fingerprint density at radius 1 is 0.842 bits per heavy atom. The first-order chi connectivity index (χ1) is 8.55. The van der Waals surface area contributed by atoms with Crippen molar-refractivity contribution in [1.82, 2.24) is 0 Å². The van der Waals surface area contributed by atoms with Crippen molar-refractivity contribution in [3.05, 3.63) is 28.8 Å². The Labute approximate surface area is 116 Å². The fraction of sp³-hybridized carbons (Fsp3) is 0.600.